The van der Waals surface area contributed by atoms with E-state index in [4.69, 9.17) is 0 Å². The molecule has 12 heteroatoms. The number of thioether (sulfide) groups is 8. The number of rotatable bonds is 4. The van der Waals surface area contributed by atoms with Crippen molar-refractivity contribution in [3.63, 3.8) is 0 Å². The summed E-state index contributed by atoms with van der Waals surface area (Å²) in [5.74, 6) is 1.46. The number of hydrogen-bond acceptors (Lipinski definition) is 10. The van der Waals surface area contributed by atoms with Crippen molar-refractivity contribution < 1.29 is 19.0 Å². The Kier molecular flexibility index (Phi) is 7.53. The molecule has 0 saturated carbocycles. The quantitative estimate of drug-likeness (QED) is 0.495. The van der Waals surface area contributed by atoms with Crippen LogP contribution in [0.25, 0.3) is 0 Å². The maximum Gasteiger partial charge on any atom is 0.116 e. The molecule has 0 radical (unpaired) electrons. The van der Waals surface area contributed by atoms with Crippen molar-refractivity contribution in [3.05, 3.63) is 25.4 Å². The fourth-order valence-corrected chi connectivity index (χ4v) is 15.3. The third-order valence-corrected chi connectivity index (χ3v) is 16.5. The van der Waals surface area contributed by atoms with Gasteiger partial charge in [0.15, 0.2) is 0 Å². The molecule has 4 heterocycles. The number of halogens is 2. The van der Waals surface area contributed by atoms with Gasteiger partial charge in [0, 0.05) is 22.0 Å². The lowest BCUT2D eigenvalue weighted by Crippen LogP contribution is -2.28. The highest BCUT2D eigenvalue weighted by molar-refractivity contribution is 8.45. The van der Waals surface area contributed by atoms with E-state index in [1.54, 1.807) is 94.1 Å². The Morgan fingerprint density at radius 1 is 0.692 bits per heavy atom. The van der Waals surface area contributed by atoms with Crippen LogP contribution in [0.3, 0.4) is 0 Å². The molecule has 0 bridgehead atoms. The first-order valence-corrected chi connectivity index (χ1v) is 14.6. The summed E-state index contributed by atoms with van der Waals surface area (Å²) in [7, 11) is 0. The lowest BCUT2D eigenvalue weighted by atomic mass is 10.3. The molecule has 2 N–H and O–H groups in total. The van der Waals surface area contributed by atoms with Crippen LogP contribution in [-0.4, -0.2) is 57.8 Å². The molecule has 4 aliphatic rings. The summed E-state index contributed by atoms with van der Waals surface area (Å²) in [5, 5.41) is 19.4. The number of alkyl halides is 2. The van der Waals surface area contributed by atoms with E-state index in [1.165, 1.54) is 25.4 Å². The molecular weight excluding hydrogens is 495 g/mol. The largest absolute Gasteiger partial charge is 0.389 e. The minimum atomic E-state index is -0.903. The van der Waals surface area contributed by atoms with Gasteiger partial charge in [0.1, 0.15) is 13.3 Å². The van der Waals surface area contributed by atoms with E-state index in [2.05, 4.69) is 0 Å². The van der Waals surface area contributed by atoms with E-state index in [1.807, 2.05) is 0 Å². The van der Waals surface area contributed by atoms with Gasteiger partial charge in [-0.15, -0.1) is 47.0 Å². The van der Waals surface area contributed by atoms with E-state index in [0.717, 1.165) is 11.5 Å². The first-order valence-electron chi connectivity index (χ1n) is 7.60. The van der Waals surface area contributed by atoms with Gasteiger partial charge in [-0.2, -0.15) is 0 Å². The summed E-state index contributed by atoms with van der Waals surface area (Å²) in [4.78, 5) is 0. The highest BCUT2D eigenvalue weighted by Crippen LogP contribution is 2.68. The topological polar surface area (TPSA) is 40.5 Å². The smallest absolute Gasteiger partial charge is 0.116 e. The fraction of sp³-hybridized carbons (Fsp3) is 0.571. The van der Waals surface area contributed by atoms with E-state index >= 15 is 0 Å². The lowest BCUT2D eigenvalue weighted by Gasteiger charge is -2.24. The minimum absolute atomic E-state index is 0.0922. The van der Waals surface area contributed by atoms with Crippen LogP contribution < -0.4 is 0 Å². The van der Waals surface area contributed by atoms with Crippen molar-refractivity contribution in [2.24, 2.45) is 0 Å². The van der Waals surface area contributed by atoms with Crippen molar-refractivity contribution >= 4 is 94.1 Å². The Balaban J connectivity index is 1.41. The van der Waals surface area contributed by atoms with E-state index in [-0.39, 0.29) is 10.5 Å². The Morgan fingerprint density at radius 2 is 1.08 bits per heavy atom. The predicted octanol–water partition coefficient (Wildman–Crippen LogP) is 5.68. The average Bonchev–Trinajstić information content (AvgIpc) is 3.28. The average molecular weight is 509 g/mol. The van der Waals surface area contributed by atoms with Gasteiger partial charge >= 0.3 is 0 Å². The minimum Gasteiger partial charge on any atom is -0.389 e. The Hall–Kier alpha value is 1.80. The van der Waals surface area contributed by atoms with Gasteiger partial charge in [0.05, 0.1) is 37.6 Å². The number of aliphatic hydroxyl groups is 2. The van der Waals surface area contributed by atoms with Crippen LogP contribution in [0.5, 0.6) is 0 Å². The molecule has 0 unspecified atom stereocenters. The molecule has 0 aliphatic carbocycles. The summed E-state index contributed by atoms with van der Waals surface area (Å²) in [6.45, 7) is -1.40. The molecule has 144 valence electrons. The molecule has 0 amide bonds. The van der Waals surface area contributed by atoms with Gasteiger partial charge in [0.2, 0.25) is 0 Å². The monoisotopic (exact) mass is 508 g/mol. The van der Waals surface area contributed by atoms with Crippen molar-refractivity contribution in [1.82, 2.24) is 0 Å². The molecule has 0 fully saturated rings. The van der Waals surface area contributed by atoms with Crippen molar-refractivity contribution in [2.45, 2.75) is 22.7 Å². The number of hydrogen-bond donors (Lipinski definition) is 2. The van der Waals surface area contributed by atoms with Gasteiger partial charge in [-0.1, -0.05) is 47.0 Å². The normalized spacial score (nSPS) is 34.2. The summed E-state index contributed by atoms with van der Waals surface area (Å²) in [6, 6.07) is 0. The standard InChI is InChI=1S/C14H14F2O2S8/c15-1-5(17)7-3-19-9-11(21-7)25-13(23-9)14-24-10-12(26-14)22-8(4-20-10)6(18)2-16/h5-8,17-18H,1-4H2/b14-13+/t5-,6-,7+,8+/m1/s1. The lowest BCUT2D eigenvalue weighted by molar-refractivity contribution is 0.142. The second-order valence-electron chi connectivity index (χ2n) is 5.51. The third-order valence-electron chi connectivity index (χ3n) is 3.69. The van der Waals surface area contributed by atoms with Crippen LogP contribution in [0.1, 0.15) is 0 Å². The van der Waals surface area contributed by atoms with Gasteiger partial charge < -0.3 is 10.2 Å². The van der Waals surface area contributed by atoms with E-state index in [0.29, 0.717) is 0 Å². The molecule has 0 aromatic carbocycles. The predicted molar refractivity (Wildman–Crippen MR) is 123 cm³/mol. The molecule has 4 rings (SSSR count). The van der Waals surface area contributed by atoms with Crippen LogP contribution >= 0.6 is 94.1 Å². The van der Waals surface area contributed by atoms with Crippen LogP contribution in [0.2, 0.25) is 0 Å². The third kappa shape index (κ3) is 4.44. The van der Waals surface area contributed by atoms with Crippen LogP contribution in [0.4, 0.5) is 8.78 Å². The molecule has 0 aromatic rings. The molecule has 0 aromatic heterocycles. The summed E-state index contributed by atoms with van der Waals surface area (Å²) in [6.07, 6.45) is -1.81. The van der Waals surface area contributed by atoms with Crippen LogP contribution in [0, 0.1) is 0 Å². The van der Waals surface area contributed by atoms with Crippen LogP contribution in [-0.2, 0) is 0 Å². The fourth-order valence-electron chi connectivity index (χ4n) is 2.27. The Labute approximate surface area is 184 Å². The second kappa shape index (κ2) is 9.30. The zero-order valence-corrected chi connectivity index (χ0v) is 19.6. The summed E-state index contributed by atoms with van der Waals surface area (Å²) in [5.41, 5.74) is 0. The SMILES string of the molecule is O[C@H](CF)[C@@H]1CSC2=C(S/C(=C3\SC4=C(S3)S[C@H]([C@H](O)CF)CS4)S2)S1. The first-order chi connectivity index (χ1) is 12.6. The molecular formula is C14H14F2O2S8. The zero-order chi connectivity index (χ0) is 18.3. The summed E-state index contributed by atoms with van der Waals surface area (Å²) >= 11 is 13.5. The Bertz CT molecular complexity index is 626. The summed E-state index contributed by atoms with van der Waals surface area (Å²) < 4.78 is 32.8. The number of aliphatic hydroxyl groups excluding tert-OH is 2. The van der Waals surface area contributed by atoms with E-state index < -0.39 is 25.6 Å². The molecule has 4 atom stereocenters. The molecule has 0 saturated heterocycles. The van der Waals surface area contributed by atoms with Crippen molar-refractivity contribution in [1.29, 1.82) is 0 Å². The van der Waals surface area contributed by atoms with Gasteiger partial charge in [-0.05, 0) is 0 Å². The molecule has 26 heavy (non-hydrogen) atoms. The first kappa shape index (κ1) is 21.0. The highest BCUT2D eigenvalue weighted by atomic mass is 32.3. The molecule has 4 aliphatic heterocycles. The maximum absolute atomic E-state index is 12.8. The highest BCUT2D eigenvalue weighted by Gasteiger charge is 2.38. The van der Waals surface area contributed by atoms with Gasteiger partial charge in [-0.3, -0.25) is 0 Å². The van der Waals surface area contributed by atoms with Gasteiger partial charge in [0.25, 0.3) is 0 Å². The van der Waals surface area contributed by atoms with E-state index in [9.17, 15) is 19.0 Å². The maximum atomic E-state index is 12.8. The zero-order valence-electron chi connectivity index (χ0n) is 13.1. The van der Waals surface area contributed by atoms with Crippen LogP contribution in [0.15, 0.2) is 25.4 Å². The van der Waals surface area contributed by atoms with Gasteiger partial charge in [-0.25, -0.2) is 8.78 Å². The van der Waals surface area contributed by atoms with Crippen molar-refractivity contribution in [3.8, 4) is 0 Å². The molecule has 2 nitrogen and oxygen atoms in total. The second-order valence-corrected chi connectivity index (χ2v) is 15.7. The Morgan fingerprint density at radius 3 is 1.46 bits per heavy atom. The molecule has 0 spiro atoms. The van der Waals surface area contributed by atoms with Crippen molar-refractivity contribution in [2.75, 3.05) is 24.9 Å².